The highest BCUT2D eigenvalue weighted by Crippen LogP contribution is 2.26. The van der Waals surface area contributed by atoms with E-state index < -0.39 is 0 Å². The van der Waals surface area contributed by atoms with Crippen LogP contribution in [0, 0.1) is 6.92 Å². The number of rotatable bonds is 4. The summed E-state index contributed by atoms with van der Waals surface area (Å²) in [6.07, 6.45) is 2.40. The zero-order valence-electron chi connectivity index (χ0n) is 13.3. The number of hydrogen-bond donors (Lipinski definition) is 1. The SMILES string of the molecule is Cc1noc(Cc2nc3ccnn3c(O)c2Cc2ccc(Cl)cc2)n1. The van der Waals surface area contributed by atoms with E-state index in [-0.39, 0.29) is 5.88 Å². The summed E-state index contributed by atoms with van der Waals surface area (Å²) in [6.45, 7) is 1.76. The predicted octanol–water partition coefficient (Wildman–Crippen LogP) is 2.96. The number of aromatic hydroxyl groups is 1. The molecule has 1 N–H and O–H groups in total. The first-order valence-electron chi connectivity index (χ1n) is 7.68. The normalized spacial score (nSPS) is 11.3. The first kappa shape index (κ1) is 15.6. The summed E-state index contributed by atoms with van der Waals surface area (Å²) in [7, 11) is 0. The van der Waals surface area contributed by atoms with Gasteiger partial charge in [0.15, 0.2) is 11.5 Å². The van der Waals surface area contributed by atoms with Gasteiger partial charge in [-0.2, -0.15) is 14.6 Å². The number of benzene rings is 1. The Hall–Kier alpha value is -2.93. The lowest BCUT2D eigenvalue weighted by molar-refractivity contribution is 0.379. The lowest BCUT2D eigenvalue weighted by atomic mass is 10.0. The van der Waals surface area contributed by atoms with Gasteiger partial charge in [-0.3, -0.25) is 0 Å². The van der Waals surface area contributed by atoms with Crippen molar-refractivity contribution in [2.45, 2.75) is 19.8 Å². The van der Waals surface area contributed by atoms with E-state index in [4.69, 9.17) is 16.1 Å². The third kappa shape index (κ3) is 3.06. The van der Waals surface area contributed by atoms with E-state index >= 15 is 0 Å². The van der Waals surface area contributed by atoms with Gasteiger partial charge in [0.05, 0.1) is 18.3 Å². The Bertz CT molecular complexity index is 1040. The maximum absolute atomic E-state index is 10.7. The zero-order valence-corrected chi connectivity index (χ0v) is 14.1. The molecule has 25 heavy (non-hydrogen) atoms. The second kappa shape index (κ2) is 6.18. The number of aryl methyl sites for hydroxylation is 1. The summed E-state index contributed by atoms with van der Waals surface area (Å²) in [5, 5.41) is 19.3. The first-order chi connectivity index (χ1) is 12.1. The molecule has 0 radical (unpaired) electrons. The number of halogens is 1. The van der Waals surface area contributed by atoms with Gasteiger partial charge in [-0.15, -0.1) is 0 Å². The lowest BCUT2D eigenvalue weighted by Crippen LogP contribution is -2.06. The molecule has 4 aromatic rings. The van der Waals surface area contributed by atoms with E-state index in [0.717, 1.165) is 5.56 Å². The van der Waals surface area contributed by atoms with E-state index in [1.807, 2.05) is 24.3 Å². The molecule has 126 valence electrons. The van der Waals surface area contributed by atoms with Crippen LogP contribution in [0.2, 0.25) is 5.02 Å². The molecule has 1 aromatic carbocycles. The first-order valence-corrected chi connectivity index (χ1v) is 8.06. The Kier molecular flexibility index (Phi) is 3.85. The summed E-state index contributed by atoms with van der Waals surface area (Å²) in [6, 6.07) is 9.18. The molecule has 0 amide bonds. The summed E-state index contributed by atoms with van der Waals surface area (Å²) in [4.78, 5) is 8.82. The van der Waals surface area contributed by atoms with Crippen molar-refractivity contribution >= 4 is 17.2 Å². The molecular formula is C17H14ClN5O2. The number of hydrogen-bond acceptors (Lipinski definition) is 6. The van der Waals surface area contributed by atoms with Crippen LogP contribution in [-0.2, 0) is 12.8 Å². The molecule has 0 aliphatic rings. The second-order valence-corrected chi connectivity index (χ2v) is 6.11. The minimum Gasteiger partial charge on any atom is -0.493 e. The summed E-state index contributed by atoms with van der Waals surface area (Å²) < 4.78 is 6.61. The fourth-order valence-corrected chi connectivity index (χ4v) is 2.82. The monoisotopic (exact) mass is 355 g/mol. The maximum Gasteiger partial charge on any atom is 0.232 e. The van der Waals surface area contributed by atoms with Crippen molar-refractivity contribution in [1.29, 1.82) is 0 Å². The maximum atomic E-state index is 10.7. The van der Waals surface area contributed by atoms with Gasteiger partial charge in [0.25, 0.3) is 0 Å². The van der Waals surface area contributed by atoms with Crippen LogP contribution in [0.5, 0.6) is 5.88 Å². The van der Waals surface area contributed by atoms with Crippen LogP contribution < -0.4 is 0 Å². The number of aromatic nitrogens is 5. The second-order valence-electron chi connectivity index (χ2n) is 5.68. The van der Waals surface area contributed by atoms with Gasteiger partial charge >= 0.3 is 0 Å². The van der Waals surface area contributed by atoms with Crippen LogP contribution >= 0.6 is 11.6 Å². The van der Waals surface area contributed by atoms with Crippen molar-refractivity contribution < 1.29 is 9.63 Å². The molecular weight excluding hydrogens is 342 g/mol. The molecule has 0 spiro atoms. The molecule has 3 heterocycles. The summed E-state index contributed by atoms with van der Waals surface area (Å²) >= 11 is 5.95. The number of nitrogens with zero attached hydrogens (tertiary/aromatic N) is 5. The molecule has 0 aliphatic heterocycles. The Morgan fingerprint density at radius 3 is 2.64 bits per heavy atom. The van der Waals surface area contributed by atoms with Crippen LogP contribution in [0.3, 0.4) is 0 Å². The van der Waals surface area contributed by atoms with E-state index in [0.29, 0.717) is 46.5 Å². The minimum absolute atomic E-state index is 0.0520. The standard InChI is InChI=1S/C17H14ClN5O2/c1-10-20-16(25-22-10)9-14-13(8-11-2-4-12(18)5-3-11)17(24)23-15(21-14)6-7-19-23/h2-7,24H,8-9H2,1H3. The van der Waals surface area contributed by atoms with Gasteiger partial charge in [0, 0.05) is 23.1 Å². The van der Waals surface area contributed by atoms with Crippen molar-refractivity contribution in [3.05, 3.63) is 70.1 Å². The van der Waals surface area contributed by atoms with Crippen LogP contribution in [0.25, 0.3) is 5.65 Å². The smallest absolute Gasteiger partial charge is 0.232 e. The molecule has 0 aliphatic carbocycles. The average Bonchev–Trinajstić information content (AvgIpc) is 3.22. The van der Waals surface area contributed by atoms with Crippen LogP contribution in [0.15, 0.2) is 41.1 Å². The molecule has 7 nitrogen and oxygen atoms in total. The quantitative estimate of drug-likeness (QED) is 0.605. The largest absolute Gasteiger partial charge is 0.493 e. The third-order valence-corrected chi connectivity index (χ3v) is 4.13. The van der Waals surface area contributed by atoms with Crippen molar-refractivity contribution in [1.82, 2.24) is 24.7 Å². The molecule has 0 atom stereocenters. The van der Waals surface area contributed by atoms with Gasteiger partial charge in [0.2, 0.25) is 11.8 Å². The molecule has 0 unspecified atom stereocenters. The van der Waals surface area contributed by atoms with Crippen molar-refractivity contribution in [2.24, 2.45) is 0 Å². The molecule has 0 saturated carbocycles. The highest BCUT2D eigenvalue weighted by Gasteiger charge is 2.18. The Morgan fingerprint density at radius 1 is 1.12 bits per heavy atom. The third-order valence-electron chi connectivity index (χ3n) is 3.87. The van der Waals surface area contributed by atoms with Crippen LogP contribution in [-0.4, -0.2) is 29.8 Å². The van der Waals surface area contributed by atoms with Gasteiger partial charge in [-0.25, -0.2) is 4.98 Å². The molecule has 0 saturated heterocycles. The molecule has 4 rings (SSSR count). The number of fused-ring (bicyclic) bond motifs is 1. The van der Waals surface area contributed by atoms with Crippen LogP contribution in [0.1, 0.15) is 28.5 Å². The van der Waals surface area contributed by atoms with Gasteiger partial charge in [-0.1, -0.05) is 28.9 Å². The van der Waals surface area contributed by atoms with E-state index in [1.165, 1.54) is 4.52 Å². The summed E-state index contributed by atoms with van der Waals surface area (Å²) in [5.41, 5.74) is 2.89. The highest BCUT2D eigenvalue weighted by atomic mass is 35.5. The molecule has 0 fully saturated rings. The minimum atomic E-state index is 0.0520. The molecule has 3 aromatic heterocycles. The lowest BCUT2D eigenvalue weighted by Gasteiger charge is -2.11. The zero-order chi connectivity index (χ0) is 17.4. The fourth-order valence-electron chi connectivity index (χ4n) is 2.70. The average molecular weight is 356 g/mol. The topological polar surface area (TPSA) is 89.3 Å². The predicted molar refractivity (Wildman–Crippen MR) is 90.8 cm³/mol. The highest BCUT2D eigenvalue weighted by molar-refractivity contribution is 6.30. The molecule has 0 bridgehead atoms. The van der Waals surface area contributed by atoms with Crippen molar-refractivity contribution in [2.75, 3.05) is 0 Å². The van der Waals surface area contributed by atoms with Crippen molar-refractivity contribution in [3.8, 4) is 5.88 Å². The summed E-state index contributed by atoms with van der Waals surface area (Å²) in [5.74, 6) is 1.06. The van der Waals surface area contributed by atoms with Gasteiger partial charge < -0.3 is 9.63 Å². The van der Waals surface area contributed by atoms with E-state index in [9.17, 15) is 5.11 Å². The van der Waals surface area contributed by atoms with E-state index in [1.54, 1.807) is 19.2 Å². The molecule has 8 heteroatoms. The fraction of sp³-hybridized carbons (Fsp3) is 0.176. The van der Waals surface area contributed by atoms with Gasteiger partial charge in [0.1, 0.15) is 0 Å². The van der Waals surface area contributed by atoms with E-state index in [2.05, 4.69) is 20.2 Å². The Labute approximate surface area is 147 Å². The van der Waals surface area contributed by atoms with Crippen LogP contribution in [0.4, 0.5) is 0 Å². The Morgan fingerprint density at radius 2 is 1.92 bits per heavy atom. The van der Waals surface area contributed by atoms with Gasteiger partial charge in [-0.05, 0) is 24.6 Å². The Balaban J connectivity index is 1.79. The van der Waals surface area contributed by atoms with Crippen molar-refractivity contribution in [3.63, 3.8) is 0 Å².